The number of carbonyl (C=O) groups is 1. The van der Waals surface area contributed by atoms with Crippen LogP contribution in [-0.2, 0) is 4.79 Å². The second-order valence-electron chi connectivity index (χ2n) is 4.75. The van der Waals surface area contributed by atoms with Crippen LogP contribution in [0.5, 0.6) is 0 Å². The van der Waals surface area contributed by atoms with E-state index >= 15 is 0 Å². The Balaban J connectivity index is 1.65. The average Bonchev–Trinajstić information content (AvgIpc) is 3.30. The van der Waals surface area contributed by atoms with Crippen molar-refractivity contribution >= 4 is 52.1 Å². The van der Waals surface area contributed by atoms with Crippen LogP contribution in [0, 0.1) is 0 Å². The van der Waals surface area contributed by atoms with Gasteiger partial charge >= 0.3 is 0 Å². The molecular formula is C16H15N3OS4. The van der Waals surface area contributed by atoms with Gasteiger partial charge in [0.25, 0.3) is 0 Å². The van der Waals surface area contributed by atoms with Gasteiger partial charge in [-0.25, -0.2) is 0 Å². The third kappa shape index (κ3) is 4.60. The van der Waals surface area contributed by atoms with E-state index in [-0.39, 0.29) is 11.9 Å². The van der Waals surface area contributed by atoms with Crippen LogP contribution in [0.3, 0.4) is 0 Å². The lowest BCUT2D eigenvalue weighted by Crippen LogP contribution is -2.30. The van der Waals surface area contributed by atoms with Crippen molar-refractivity contribution in [3.8, 4) is 0 Å². The van der Waals surface area contributed by atoms with E-state index in [0.717, 1.165) is 19.1 Å². The standard InChI is InChI=1S/C16H15N3OS4/c1-21-15-18-19-16(24-15)23-10-13(20)17-14(12-8-5-9-22-12)11-6-3-2-4-7-11/h2-9,14H,10H2,1H3,(H,17,20)/t14-/m1/s1. The van der Waals surface area contributed by atoms with E-state index < -0.39 is 0 Å². The molecule has 0 radical (unpaired) electrons. The normalized spacial score (nSPS) is 12.0. The van der Waals surface area contributed by atoms with E-state index in [1.807, 2.05) is 54.1 Å². The van der Waals surface area contributed by atoms with E-state index in [2.05, 4.69) is 15.5 Å². The Labute approximate surface area is 157 Å². The summed E-state index contributed by atoms with van der Waals surface area (Å²) in [4.78, 5) is 13.5. The van der Waals surface area contributed by atoms with Crippen LogP contribution in [0.15, 0.2) is 56.5 Å². The third-order valence-electron chi connectivity index (χ3n) is 3.16. The quantitative estimate of drug-likeness (QED) is 0.606. The van der Waals surface area contributed by atoms with Gasteiger partial charge in [-0.1, -0.05) is 71.3 Å². The first-order valence-electron chi connectivity index (χ1n) is 7.14. The number of carbonyl (C=O) groups excluding carboxylic acids is 1. The summed E-state index contributed by atoms with van der Waals surface area (Å²) in [6.07, 6.45) is 1.97. The molecular weight excluding hydrogens is 378 g/mol. The van der Waals surface area contributed by atoms with Crippen molar-refractivity contribution in [3.05, 3.63) is 58.3 Å². The number of amides is 1. The molecule has 0 bridgehead atoms. The van der Waals surface area contributed by atoms with E-state index in [4.69, 9.17) is 0 Å². The minimum absolute atomic E-state index is 0.0110. The van der Waals surface area contributed by atoms with Crippen LogP contribution in [0.2, 0.25) is 0 Å². The molecule has 1 amide bonds. The second kappa shape index (κ2) is 8.66. The second-order valence-corrected chi connectivity index (χ2v) is 8.99. The summed E-state index contributed by atoms with van der Waals surface area (Å²) in [5, 5.41) is 13.3. The van der Waals surface area contributed by atoms with E-state index in [9.17, 15) is 4.79 Å². The highest BCUT2D eigenvalue weighted by Gasteiger charge is 2.18. The van der Waals surface area contributed by atoms with Gasteiger partial charge in [-0.15, -0.1) is 21.5 Å². The van der Waals surface area contributed by atoms with Gasteiger partial charge in [-0.05, 0) is 23.3 Å². The number of hydrogen-bond acceptors (Lipinski definition) is 7. The molecule has 0 fully saturated rings. The van der Waals surface area contributed by atoms with Gasteiger partial charge in [-0.2, -0.15) is 0 Å². The Kier molecular flexibility index (Phi) is 6.30. The molecule has 1 aromatic carbocycles. The third-order valence-corrected chi connectivity index (χ3v) is 7.12. The molecule has 2 heterocycles. The minimum Gasteiger partial charge on any atom is -0.344 e. The predicted molar refractivity (Wildman–Crippen MR) is 103 cm³/mol. The van der Waals surface area contributed by atoms with Crippen molar-refractivity contribution < 1.29 is 4.79 Å². The van der Waals surface area contributed by atoms with Crippen LogP contribution in [0.1, 0.15) is 16.5 Å². The number of nitrogens with one attached hydrogen (secondary N) is 1. The van der Waals surface area contributed by atoms with Gasteiger partial charge in [0.1, 0.15) is 0 Å². The van der Waals surface area contributed by atoms with Gasteiger partial charge in [0.15, 0.2) is 8.68 Å². The van der Waals surface area contributed by atoms with Crippen molar-refractivity contribution in [2.24, 2.45) is 0 Å². The number of hydrogen-bond donors (Lipinski definition) is 1. The van der Waals surface area contributed by atoms with Crippen molar-refractivity contribution in [1.29, 1.82) is 0 Å². The molecule has 0 saturated carbocycles. The Bertz CT molecular complexity index is 774. The Morgan fingerprint density at radius 1 is 1.17 bits per heavy atom. The molecule has 0 aliphatic carbocycles. The molecule has 2 aromatic heterocycles. The van der Waals surface area contributed by atoms with Gasteiger partial charge in [0.2, 0.25) is 5.91 Å². The monoisotopic (exact) mass is 393 g/mol. The first-order valence-corrected chi connectivity index (χ1v) is 11.0. The number of thioether (sulfide) groups is 2. The maximum absolute atomic E-state index is 12.4. The lowest BCUT2D eigenvalue weighted by Gasteiger charge is -2.17. The molecule has 4 nitrogen and oxygen atoms in total. The molecule has 3 rings (SSSR count). The highest BCUT2D eigenvalue weighted by Crippen LogP contribution is 2.28. The zero-order chi connectivity index (χ0) is 16.8. The lowest BCUT2D eigenvalue weighted by atomic mass is 10.1. The van der Waals surface area contributed by atoms with Crippen LogP contribution in [0.4, 0.5) is 0 Å². The fraction of sp³-hybridized carbons (Fsp3) is 0.188. The number of nitrogens with zero attached hydrogens (tertiary/aromatic N) is 2. The molecule has 24 heavy (non-hydrogen) atoms. The SMILES string of the molecule is CSc1nnc(SCC(=O)N[C@H](c2ccccc2)c2cccs2)s1. The van der Waals surface area contributed by atoms with Crippen molar-refractivity contribution in [3.63, 3.8) is 0 Å². The van der Waals surface area contributed by atoms with Crippen molar-refractivity contribution in [1.82, 2.24) is 15.5 Å². The zero-order valence-electron chi connectivity index (χ0n) is 12.8. The molecule has 124 valence electrons. The Morgan fingerprint density at radius 3 is 2.62 bits per heavy atom. The number of aromatic nitrogens is 2. The topological polar surface area (TPSA) is 54.9 Å². The highest BCUT2D eigenvalue weighted by molar-refractivity contribution is 8.03. The summed E-state index contributed by atoms with van der Waals surface area (Å²) in [5.74, 6) is 0.320. The first kappa shape index (κ1) is 17.5. The fourth-order valence-electron chi connectivity index (χ4n) is 2.09. The summed E-state index contributed by atoms with van der Waals surface area (Å²) in [5.41, 5.74) is 1.08. The summed E-state index contributed by atoms with van der Waals surface area (Å²) in [6, 6.07) is 14.0. The first-order chi connectivity index (χ1) is 11.8. The summed E-state index contributed by atoms with van der Waals surface area (Å²) >= 11 is 6.14. The molecule has 0 spiro atoms. The molecule has 1 N–H and O–H groups in total. The van der Waals surface area contributed by atoms with Gasteiger partial charge in [0, 0.05) is 4.88 Å². The van der Waals surface area contributed by atoms with E-state index in [0.29, 0.717) is 5.75 Å². The summed E-state index contributed by atoms with van der Waals surface area (Å²) in [6.45, 7) is 0. The molecule has 0 unspecified atom stereocenters. The molecule has 1 atom stereocenters. The fourth-order valence-corrected chi connectivity index (χ4v) is 5.14. The Hall–Kier alpha value is -1.35. The van der Waals surface area contributed by atoms with Crippen molar-refractivity contribution in [2.75, 3.05) is 12.0 Å². The van der Waals surface area contributed by atoms with E-state index in [1.165, 1.54) is 23.1 Å². The smallest absolute Gasteiger partial charge is 0.231 e. The number of benzene rings is 1. The average molecular weight is 394 g/mol. The summed E-state index contributed by atoms with van der Waals surface area (Å²) < 4.78 is 1.74. The number of rotatable bonds is 7. The number of thiophene rings is 1. The van der Waals surface area contributed by atoms with E-state index in [1.54, 1.807) is 23.1 Å². The molecule has 8 heteroatoms. The van der Waals surface area contributed by atoms with Gasteiger partial charge in [0.05, 0.1) is 11.8 Å². The summed E-state index contributed by atoms with van der Waals surface area (Å²) in [7, 11) is 0. The van der Waals surface area contributed by atoms with Crippen LogP contribution >= 0.6 is 46.2 Å². The van der Waals surface area contributed by atoms with Crippen LogP contribution in [-0.4, -0.2) is 28.1 Å². The molecule has 3 aromatic rings. The molecule has 0 saturated heterocycles. The molecule has 0 aliphatic rings. The Morgan fingerprint density at radius 2 is 1.96 bits per heavy atom. The maximum atomic E-state index is 12.4. The van der Waals surface area contributed by atoms with Crippen LogP contribution < -0.4 is 5.32 Å². The maximum Gasteiger partial charge on any atom is 0.231 e. The van der Waals surface area contributed by atoms with Crippen molar-refractivity contribution in [2.45, 2.75) is 14.7 Å². The molecule has 0 aliphatic heterocycles. The largest absolute Gasteiger partial charge is 0.344 e. The van der Waals surface area contributed by atoms with Gasteiger partial charge < -0.3 is 5.32 Å². The lowest BCUT2D eigenvalue weighted by molar-refractivity contribution is -0.119. The minimum atomic E-state index is -0.115. The highest BCUT2D eigenvalue weighted by atomic mass is 32.2. The zero-order valence-corrected chi connectivity index (χ0v) is 16.1. The van der Waals surface area contributed by atoms with Gasteiger partial charge in [-0.3, -0.25) is 4.79 Å². The predicted octanol–water partition coefficient (Wildman–Crippen LogP) is 4.32. The van der Waals surface area contributed by atoms with Crippen LogP contribution in [0.25, 0.3) is 0 Å².